The number of hydrogen-bond acceptors (Lipinski definition) is 3. The van der Waals surface area contributed by atoms with E-state index in [1.54, 1.807) is 25.3 Å². The molecule has 1 heterocycles. The molecule has 1 N–H and O–H groups in total. The first kappa shape index (κ1) is 13.9. The maximum absolute atomic E-state index is 6.11. The van der Waals surface area contributed by atoms with Gasteiger partial charge in [0.1, 0.15) is 11.9 Å². The van der Waals surface area contributed by atoms with Gasteiger partial charge in [-0.25, -0.2) is 0 Å². The molecule has 18 heavy (non-hydrogen) atoms. The standard InChI is InChI=1S/C13H17Cl2NO2/c1-17-8-13(9-4-5-16-7-9)18-12-3-2-10(14)6-11(12)15/h2-3,6,9,13,16H,4-5,7-8H2,1H3/t9-,13?/m0/s1. The highest BCUT2D eigenvalue weighted by atomic mass is 35.5. The molecule has 1 aromatic rings. The van der Waals surface area contributed by atoms with Gasteiger partial charge in [-0.1, -0.05) is 23.2 Å². The normalized spacial score (nSPS) is 20.9. The zero-order valence-electron chi connectivity index (χ0n) is 10.3. The van der Waals surface area contributed by atoms with Crippen molar-refractivity contribution in [3.63, 3.8) is 0 Å². The van der Waals surface area contributed by atoms with E-state index < -0.39 is 0 Å². The van der Waals surface area contributed by atoms with Crippen LogP contribution in [0.1, 0.15) is 6.42 Å². The summed E-state index contributed by atoms with van der Waals surface area (Å²) >= 11 is 12.0. The van der Waals surface area contributed by atoms with E-state index in [9.17, 15) is 0 Å². The van der Waals surface area contributed by atoms with E-state index in [1.165, 1.54) is 0 Å². The van der Waals surface area contributed by atoms with Crippen LogP contribution in [0.15, 0.2) is 18.2 Å². The zero-order valence-corrected chi connectivity index (χ0v) is 11.8. The minimum atomic E-state index is 0.0173. The third-order valence-electron chi connectivity index (χ3n) is 3.13. The van der Waals surface area contributed by atoms with Crippen molar-refractivity contribution in [1.29, 1.82) is 0 Å². The van der Waals surface area contributed by atoms with Crippen molar-refractivity contribution in [1.82, 2.24) is 5.32 Å². The second kappa shape index (κ2) is 6.62. The summed E-state index contributed by atoms with van der Waals surface area (Å²) in [4.78, 5) is 0. The van der Waals surface area contributed by atoms with Crippen LogP contribution in [0.5, 0.6) is 5.75 Å². The van der Waals surface area contributed by atoms with E-state index in [4.69, 9.17) is 32.7 Å². The van der Waals surface area contributed by atoms with Gasteiger partial charge in [0.2, 0.25) is 0 Å². The highest BCUT2D eigenvalue weighted by molar-refractivity contribution is 6.35. The van der Waals surface area contributed by atoms with Gasteiger partial charge in [0.15, 0.2) is 0 Å². The molecule has 1 aliphatic heterocycles. The summed E-state index contributed by atoms with van der Waals surface area (Å²) in [5, 5.41) is 4.48. The van der Waals surface area contributed by atoms with Gasteiger partial charge in [-0.3, -0.25) is 0 Å². The first-order chi connectivity index (χ1) is 8.70. The fourth-order valence-corrected chi connectivity index (χ4v) is 2.61. The molecule has 1 saturated heterocycles. The van der Waals surface area contributed by atoms with Gasteiger partial charge in [0.05, 0.1) is 11.6 Å². The molecule has 0 spiro atoms. The molecule has 5 heteroatoms. The summed E-state index contributed by atoms with van der Waals surface area (Å²) in [7, 11) is 1.68. The quantitative estimate of drug-likeness (QED) is 0.904. The Bertz CT molecular complexity index is 395. The van der Waals surface area contributed by atoms with E-state index in [-0.39, 0.29) is 6.10 Å². The predicted molar refractivity (Wildman–Crippen MR) is 73.7 cm³/mol. The number of rotatable bonds is 5. The minimum Gasteiger partial charge on any atom is -0.486 e. The second-order valence-electron chi connectivity index (χ2n) is 4.44. The molecular formula is C13H17Cl2NO2. The highest BCUT2D eigenvalue weighted by Crippen LogP contribution is 2.30. The molecule has 0 amide bonds. The molecule has 0 bridgehead atoms. The molecule has 1 aliphatic rings. The largest absolute Gasteiger partial charge is 0.486 e. The van der Waals surface area contributed by atoms with Crippen LogP contribution < -0.4 is 10.1 Å². The van der Waals surface area contributed by atoms with Gasteiger partial charge >= 0.3 is 0 Å². The number of nitrogens with one attached hydrogen (secondary N) is 1. The van der Waals surface area contributed by atoms with Gasteiger partial charge in [-0.2, -0.15) is 0 Å². The van der Waals surface area contributed by atoms with E-state index in [1.807, 2.05) is 0 Å². The fourth-order valence-electron chi connectivity index (χ4n) is 2.16. The molecule has 1 aromatic carbocycles. The van der Waals surface area contributed by atoms with Gasteiger partial charge in [-0.05, 0) is 31.2 Å². The lowest BCUT2D eigenvalue weighted by molar-refractivity contribution is 0.0483. The van der Waals surface area contributed by atoms with Crippen molar-refractivity contribution >= 4 is 23.2 Å². The Kier molecular flexibility index (Phi) is 5.13. The lowest BCUT2D eigenvalue weighted by atomic mass is 10.0. The molecule has 1 fully saturated rings. The van der Waals surface area contributed by atoms with Crippen molar-refractivity contribution in [3.8, 4) is 5.75 Å². The third-order valence-corrected chi connectivity index (χ3v) is 3.66. The summed E-state index contributed by atoms with van der Waals surface area (Å²) in [6.45, 7) is 2.55. The number of benzene rings is 1. The predicted octanol–water partition coefficient (Wildman–Crippen LogP) is 3.00. The highest BCUT2D eigenvalue weighted by Gasteiger charge is 2.27. The van der Waals surface area contributed by atoms with Gasteiger partial charge in [0, 0.05) is 24.6 Å². The second-order valence-corrected chi connectivity index (χ2v) is 5.28. The Hall–Kier alpha value is -0.480. The maximum atomic E-state index is 6.11. The number of ether oxygens (including phenoxy) is 2. The fraction of sp³-hybridized carbons (Fsp3) is 0.538. The summed E-state index contributed by atoms with van der Waals surface area (Å²) < 4.78 is 11.2. The van der Waals surface area contributed by atoms with Crippen molar-refractivity contribution < 1.29 is 9.47 Å². The van der Waals surface area contributed by atoms with E-state index in [0.717, 1.165) is 19.5 Å². The van der Waals surface area contributed by atoms with Crippen LogP contribution in [0.25, 0.3) is 0 Å². The van der Waals surface area contributed by atoms with Crippen LogP contribution in [0, 0.1) is 5.92 Å². The van der Waals surface area contributed by atoms with Crippen LogP contribution in [0.3, 0.4) is 0 Å². The van der Waals surface area contributed by atoms with Crippen LogP contribution in [-0.2, 0) is 4.74 Å². The van der Waals surface area contributed by atoms with E-state index in [2.05, 4.69) is 5.32 Å². The maximum Gasteiger partial charge on any atom is 0.138 e. The van der Waals surface area contributed by atoms with Crippen molar-refractivity contribution in [3.05, 3.63) is 28.2 Å². The average molecular weight is 290 g/mol. The molecule has 2 rings (SSSR count). The van der Waals surface area contributed by atoms with E-state index in [0.29, 0.717) is 28.3 Å². The van der Waals surface area contributed by atoms with Gasteiger partial charge < -0.3 is 14.8 Å². The van der Waals surface area contributed by atoms with Crippen LogP contribution in [-0.4, -0.2) is 32.9 Å². The summed E-state index contributed by atoms with van der Waals surface area (Å²) in [6, 6.07) is 5.27. The molecular weight excluding hydrogens is 273 g/mol. The Morgan fingerprint density at radius 1 is 1.44 bits per heavy atom. The van der Waals surface area contributed by atoms with Crippen molar-refractivity contribution in [2.75, 3.05) is 26.8 Å². The average Bonchev–Trinajstić information content (AvgIpc) is 2.85. The number of methoxy groups -OCH3 is 1. The van der Waals surface area contributed by atoms with Gasteiger partial charge in [0.25, 0.3) is 0 Å². The molecule has 0 aliphatic carbocycles. The molecule has 0 saturated carbocycles. The molecule has 0 aromatic heterocycles. The van der Waals surface area contributed by atoms with E-state index >= 15 is 0 Å². The molecule has 3 nitrogen and oxygen atoms in total. The lowest BCUT2D eigenvalue weighted by Crippen LogP contribution is -2.33. The first-order valence-corrected chi connectivity index (χ1v) is 6.77. The Labute approximate surface area is 117 Å². The minimum absolute atomic E-state index is 0.0173. The molecule has 0 radical (unpaired) electrons. The first-order valence-electron chi connectivity index (χ1n) is 6.02. The van der Waals surface area contributed by atoms with Gasteiger partial charge in [-0.15, -0.1) is 0 Å². The SMILES string of the molecule is COCC(Oc1ccc(Cl)cc1Cl)[C@H]1CCNC1. The van der Waals surface area contributed by atoms with Crippen LogP contribution >= 0.6 is 23.2 Å². The van der Waals surface area contributed by atoms with Crippen molar-refractivity contribution in [2.24, 2.45) is 5.92 Å². The lowest BCUT2D eigenvalue weighted by Gasteiger charge is -2.24. The summed E-state index contributed by atoms with van der Waals surface area (Å²) in [5.41, 5.74) is 0. The molecule has 2 atom stereocenters. The van der Waals surface area contributed by atoms with Crippen LogP contribution in [0.2, 0.25) is 10.0 Å². The number of halogens is 2. The third kappa shape index (κ3) is 3.51. The smallest absolute Gasteiger partial charge is 0.138 e. The molecule has 1 unspecified atom stereocenters. The van der Waals surface area contributed by atoms with Crippen molar-refractivity contribution in [2.45, 2.75) is 12.5 Å². The Morgan fingerprint density at radius 2 is 2.28 bits per heavy atom. The Balaban J connectivity index is 2.07. The molecule has 100 valence electrons. The summed E-state index contributed by atoms with van der Waals surface area (Å²) in [6.07, 6.45) is 1.11. The van der Waals surface area contributed by atoms with Crippen LogP contribution in [0.4, 0.5) is 0 Å². The topological polar surface area (TPSA) is 30.5 Å². The Morgan fingerprint density at radius 3 is 2.89 bits per heavy atom. The number of hydrogen-bond donors (Lipinski definition) is 1. The monoisotopic (exact) mass is 289 g/mol. The zero-order chi connectivity index (χ0) is 13.0. The summed E-state index contributed by atoms with van der Waals surface area (Å²) in [5.74, 6) is 1.12.